The van der Waals surface area contributed by atoms with Crippen LogP contribution in [0, 0.1) is 11.6 Å². The van der Waals surface area contributed by atoms with Crippen molar-refractivity contribution in [2.75, 3.05) is 11.4 Å². The summed E-state index contributed by atoms with van der Waals surface area (Å²) in [5.41, 5.74) is 2.59. The lowest BCUT2D eigenvalue weighted by Crippen LogP contribution is -2.36. The van der Waals surface area contributed by atoms with Crippen LogP contribution in [0.1, 0.15) is 23.1 Å². The van der Waals surface area contributed by atoms with E-state index in [1.54, 1.807) is 24.7 Å². The molecule has 11 heteroatoms. The number of pyridine rings is 2. The highest BCUT2D eigenvalue weighted by atomic mass is 19.1. The summed E-state index contributed by atoms with van der Waals surface area (Å²) in [7, 11) is 0. The smallest absolute Gasteiger partial charge is 0.319 e. The molecule has 0 aliphatic carbocycles. The van der Waals surface area contributed by atoms with Gasteiger partial charge in [0.25, 0.3) is 5.89 Å². The Labute approximate surface area is 173 Å². The van der Waals surface area contributed by atoms with Crippen molar-refractivity contribution in [2.45, 2.75) is 12.5 Å². The van der Waals surface area contributed by atoms with E-state index in [0.717, 1.165) is 11.4 Å². The molecule has 6 heterocycles. The number of imidazole rings is 1. The van der Waals surface area contributed by atoms with Crippen molar-refractivity contribution in [1.29, 1.82) is 0 Å². The fourth-order valence-corrected chi connectivity index (χ4v) is 3.89. The molecule has 5 aromatic heterocycles. The van der Waals surface area contributed by atoms with E-state index in [9.17, 15) is 8.78 Å². The van der Waals surface area contributed by atoms with Gasteiger partial charge in [0, 0.05) is 31.1 Å². The zero-order chi connectivity index (χ0) is 20.9. The summed E-state index contributed by atoms with van der Waals surface area (Å²) in [5.74, 6) is -0.962. The Morgan fingerprint density at radius 1 is 1.10 bits per heavy atom. The molecule has 5 aromatic rings. The fourth-order valence-electron chi connectivity index (χ4n) is 3.89. The predicted octanol–water partition coefficient (Wildman–Crippen LogP) is 2.93. The SMILES string of the molecule is Fc1cccnc1-c1nnc(N2CCc3[nH]cnc3C2c2cc3c(F)cccn3n2)o1. The van der Waals surface area contributed by atoms with Gasteiger partial charge in [-0.1, -0.05) is 5.10 Å². The number of nitrogens with zero attached hydrogens (tertiary/aromatic N) is 7. The van der Waals surface area contributed by atoms with Crippen molar-refractivity contribution in [3.05, 3.63) is 77.8 Å². The first-order chi connectivity index (χ1) is 15.2. The zero-order valence-corrected chi connectivity index (χ0v) is 15.9. The van der Waals surface area contributed by atoms with E-state index in [0.29, 0.717) is 24.2 Å². The topological polar surface area (TPSA) is 101 Å². The molecule has 0 fully saturated rings. The van der Waals surface area contributed by atoms with Gasteiger partial charge in [0.15, 0.2) is 11.5 Å². The Hall–Kier alpha value is -4.15. The van der Waals surface area contributed by atoms with Gasteiger partial charge in [-0.2, -0.15) is 5.10 Å². The summed E-state index contributed by atoms with van der Waals surface area (Å²) in [6, 6.07) is 7.09. The molecule has 31 heavy (non-hydrogen) atoms. The Kier molecular flexibility index (Phi) is 3.82. The summed E-state index contributed by atoms with van der Waals surface area (Å²) in [4.78, 5) is 13.4. The molecule has 1 atom stereocenters. The molecule has 0 bridgehead atoms. The van der Waals surface area contributed by atoms with Crippen LogP contribution >= 0.6 is 0 Å². The summed E-state index contributed by atoms with van der Waals surface area (Å²) < 4.78 is 35.6. The van der Waals surface area contributed by atoms with Crippen molar-refractivity contribution < 1.29 is 13.2 Å². The van der Waals surface area contributed by atoms with Crippen molar-refractivity contribution in [3.8, 4) is 11.6 Å². The van der Waals surface area contributed by atoms with Gasteiger partial charge < -0.3 is 14.3 Å². The van der Waals surface area contributed by atoms with E-state index in [1.807, 2.05) is 4.90 Å². The van der Waals surface area contributed by atoms with E-state index in [1.165, 1.54) is 28.9 Å². The largest absolute Gasteiger partial charge is 0.401 e. The van der Waals surface area contributed by atoms with Gasteiger partial charge in [0.2, 0.25) is 0 Å². The third-order valence-electron chi connectivity index (χ3n) is 5.30. The third kappa shape index (κ3) is 2.77. The van der Waals surface area contributed by atoms with Crippen LogP contribution in [0.4, 0.5) is 14.8 Å². The number of hydrogen-bond acceptors (Lipinski definition) is 7. The summed E-state index contributed by atoms with van der Waals surface area (Å²) in [5, 5.41) is 12.6. The van der Waals surface area contributed by atoms with Crippen LogP contribution in [0.3, 0.4) is 0 Å². The third-order valence-corrected chi connectivity index (χ3v) is 5.30. The number of nitrogens with one attached hydrogen (secondary N) is 1. The molecule has 1 N–H and O–H groups in total. The highest BCUT2D eigenvalue weighted by Gasteiger charge is 2.36. The molecule has 9 nitrogen and oxygen atoms in total. The Bertz CT molecular complexity index is 1410. The molecule has 1 aliphatic heterocycles. The summed E-state index contributed by atoms with van der Waals surface area (Å²) >= 11 is 0. The minimum atomic E-state index is -0.557. The maximum atomic E-state index is 14.3. The number of aromatic nitrogens is 7. The average molecular weight is 420 g/mol. The van der Waals surface area contributed by atoms with Crippen LogP contribution in [0.15, 0.2) is 53.5 Å². The lowest BCUT2D eigenvalue weighted by molar-refractivity contribution is 0.499. The van der Waals surface area contributed by atoms with Gasteiger partial charge in [0.1, 0.15) is 17.4 Å². The highest BCUT2D eigenvalue weighted by molar-refractivity contribution is 5.54. The Morgan fingerprint density at radius 2 is 2.00 bits per heavy atom. The van der Waals surface area contributed by atoms with Crippen molar-refractivity contribution >= 4 is 11.5 Å². The molecule has 0 spiro atoms. The average Bonchev–Trinajstić information content (AvgIpc) is 3.52. The van der Waals surface area contributed by atoms with Crippen molar-refractivity contribution in [2.24, 2.45) is 0 Å². The second-order valence-corrected chi connectivity index (χ2v) is 7.09. The van der Waals surface area contributed by atoms with Gasteiger partial charge in [-0.25, -0.2) is 23.3 Å². The molecule has 0 saturated heterocycles. The first-order valence-electron chi connectivity index (χ1n) is 9.56. The van der Waals surface area contributed by atoms with E-state index >= 15 is 0 Å². The van der Waals surface area contributed by atoms with Crippen molar-refractivity contribution in [1.82, 2.24) is 34.8 Å². The van der Waals surface area contributed by atoms with Gasteiger partial charge in [-0.15, -0.1) is 5.10 Å². The van der Waals surface area contributed by atoms with Crippen LogP contribution < -0.4 is 4.90 Å². The maximum absolute atomic E-state index is 14.3. The molecule has 1 aliphatic rings. The molecule has 0 aromatic carbocycles. The molecule has 6 rings (SSSR count). The summed E-state index contributed by atoms with van der Waals surface area (Å²) in [6.07, 6.45) is 5.39. The highest BCUT2D eigenvalue weighted by Crippen LogP contribution is 2.37. The standard InChI is InChI=1S/C20H14F2N8O/c21-11-4-2-7-30-15(11)9-14(28-30)18-17-13(24-10-25-17)5-8-29(18)20-27-26-19(31-20)16-12(22)3-1-6-23-16/h1-4,6-7,9-10,18H,5,8H2,(H,24,25). The van der Waals surface area contributed by atoms with E-state index < -0.39 is 11.9 Å². The quantitative estimate of drug-likeness (QED) is 0.479. The molecular formula is C20H14F2N8O. The second-order valence-electron chi connectivity index (χ2n) is 7.09. The number of H-pyrrole nitrogens is 1. The van der Waals surface area contributed by atoms with Gasteiger partial charge >= 0.3 is 6.01 Å². The normalized spacial score (nSPS) is 16.1. The molecule has 0 amide bonds. The molecular weight excluding hydrogens is 406 g/mol. The number of rotatable bonds is 3. The Morgan fingerprint density at radius 3 is 2.87 bits per heavy atom. The Balaban J connectivity index is 1.46. The first kappa shape index (κ1) is 17.7. The molecule has 1 unspecified atom stereocenters. The fraction of sp³-hybridized carbons (Fsp3) is 0.150. The molecule has 154 valence electrons. The van der Waals surface area contributed by atoms with Crippen LogP contribution in [0.25, 0.3) is 17.1 Å². The van der Waals surface area contributed by atoms with Crippen LogP contribution in [0.2, 0.25) is 0 Å². The lowest BCUT2D eigenvalue weighted by atomic mass is 10.0. The first-order valence-corrected chi connectivity index (χ1v) is 9.56. The second kappa shape index (κ2) is 6.69. The van der Waals surface area contributed by atoms with Crippen LogP contribution in [-0.4, -0.2) is 41.3 Å². The van der Waals surface area contributed by atoms with Gasteiger partial charge in [0.05, 0.1) is 17.7 Å². The number of halogens is 2. The zero-order valence-electron chi connectivity index (χ0n) is 15.9. The van der Waals surface area contributed by atoms with E-state index in [4.69, 9.17) is 4.42 Å². The summed E-state index contributed by atoms with van der Waals surface area (Å²) in [6.45, 7) is 0.516. The van der Waals surface area contributed by atoms with E-state index in [2.05, 4.69) is 30.2 Å². The van der Waals surface area contributed by atoms with Gasteiger partial charge in [-0.05, 0) is 30.3 Å². The van der Waals surface area contributed by atoms with Crippen LogP contribution in [0.5, 0.6) is 0 Å². The minimum absolute atomic E-state index is 0.0231. The number of hydrogen-bond donors (Lipinski definition) is 1. The number of fused-ring (bicyclic) bond motifs is 2. The van der Waals surface area contributed by atoms with Crippen molar-refractivity contribution in [3.63, 3.8) is 0 Å². The minimum Gasteiger partial charge on any atom is -0.401 e. The number of anilines is 1. The predicted molar refractivity (Wildman–Crippen MR) is 104 cm³/mol. The van der Waals surface area contributed by atoms with Gasteiger partial charge in [-0.3, -0.25) is 0 Å². The molecule has 0 radical (unpaired) electrons. The van der Waals surface area contributed by atoms with Crippen LogP contribution in [-0.2, 0) is 6.42 Å². The molecule has 0 saturated carbocycles. The lowest BCUT2D eigenvalue weighted by Gasteiger charge is -2.32. The monoisotopic (exact) mass is 420 g/mol. The maximum Gasteiger partial charge on any atom is 0.319 e. The number of aromatic amines is 1. The van der Waals surface area contributed by atoms with E-state index in [-0.39, 0.29) is 23.4 Å².